The van der Waals surface area contributed by atoms with E-state index < -0.39 is 0 Å². The number of hydrogen-bond acceptors (Lipinski definition) is 7. The van der Waals surface area contributed by atoms with Gasteiger partial charge in [0.15, 0.2) is 6.61 Å². The first-order chi connectivity index (χ1) is 12.2. The summed E-state index contributed by atoms with van der Waals surface area (Å²) in [5.74, 6) is 0.379. The van der Waals surface area contributed by atoms with Crippen molar-refractivity contribution >= 4 is 28.3 Å². The van der Waals surface area contributed by atoms with Crippen LogP contribution in [0, 0.1) is 6.92 Å². The van der Waals surface area contributed by atoms with Crippen LogP contribution in [0.15, 0.2) is 50.2 Å². The van der Waals surface area contributed by atoms with Gasteiger partial charge in [-0.05, 0) is 30.0 Å². The molecule has 0 bridgehead atoms. The number of fused-ring (bicyclic) bond motifs is 1. The van der Waals surface area contributed by atoms with Crippen molar-refractivity contribution in [3.63, 3.8) is 0 Å². The third kappa shape index (κ3) is 3.32. The van der Waals surface area contributed by atoms with Gasteiger partial charge in [-0.15, -0.1) is 0 Å². The van der Waals surface area contributed by atoms with Crippen LogP contribution < -0.4 is 0 Å². The number of aromatic nitrogens is 2. The molecule has 0 amide bonds. The molecule has 7 heteroatoms. The molecule has 0 unspecified atom stereocenters. The van der Waals surface area contributed by atoms with Gasteiger partial charge in [0.05, 0.1) is 12.7 Å². The van der Waals surface area contributed by atoms with Crippen LogP contribution in [-0.2, 0) is 22.6 Å². The Hall–Kier alpha value is -2.93. The molecule has 3 heterocycles. The monoisotopic (exact) mass is 354 g/mol. The molecule has 3 aromatic heterocycles. The summed E-state index contributed by atoms with van der Waals surface area (Å²) in [5, 5.41) is 8.65. The van der Waals surface area contributed by atoms with E-state index in [0.717, 1.165) is 27.7 Å². The molecular formula is C18H14N2O4S. The highest BCUT2D eigenvalue weighted by Gasteiger charge is 2.14. The van der Waals surface area contributed by atoms with E-state index in [9.17, 15) is 4.79 Å². The Morgan fingerprint density at radius 1 is 1.32 bits per heavy atom. The Morgan fingerprint density at radius 2 is 2.24 bits per heavy atom. The molecule has 0 aliphatic heterocycles. The molecule has 0 aliphatic rings. The number of esters is 1. The average molecular weight is 354 g/mol. The minimum absolute atomic E-state index is 0.0507. The predicted octanol–water partition coefficient (Wildman–Crippen LogP) is 4.14. The molecule has 4 aromatic rings. The van der Waals surface area contributed by atoms with Crippen LogP contribution in [0.5, 0.6) is 0 Å². The first-order valence-electron chi connectivity index (χ1n) is 7.66. The highest BCUT2D eigenvalue weighted by Crippen LogP contribution is 2.23. The van der Waals surface area contributed by atoms with Crippen LogP contribution in [0.1, 0.15) is 17.0 Å². The van der Waals surface area contributed by atoms with E-state index >= 15 is 0 Å². The van der Waals surface area contributed by atoms with Crippen LogP contribution in [0.25, 0.3) is 22.4 Å². The molecule has 25 heavy (non-hydrogen) atoms. The molecule has 1 aromatic carbocycles. The summed E-state index contributed by atoms with van der Waals surface area (Å²) < 4.78 is 15.8. The van der Waals surface area contributed by atoms with E-state index in [-0.39, 0.29) is 24.9 Å². The van der Waals surface area contributed by atoms with E-state index in [1.54, 1.807) is 17.6 Å². The summed E-state index contributed by atoms with van der Waals surface area (Å²) in [7, 11) is 0. The van der Waals surface area contributed by atoms with Crippen molar-refractivity contribution in [1.29, 1.82) is 0 Å². The first-order valence-corrected chi connectivity index (χ1v) is 8.61. The van der Waals surface area contributed by atoms with Crippen LogP contribution in [-0.4, -0.2) is 16.1 Å². The molecule has 0 spiro atoms. The number of rotatable bonds is 5. The fraction of sp³-hybridized carbons (Fsp3) is 0.167. The second-order valence-electron chi connectivity index (χ2n) is 5.62. The maximum atomic E-state index is 12.1. The van der Waals surface area contributed by atoms with Crippen molar-refractivity contribution in [2.24, 2.45) is 0 Å². The molecule has 0 fully saturated rings. The summed E-state index contributed by atoms with van der Waals surface area (Å²) in [5.41, 5.74) is 3.55. The number of ether oxygens (including phenoxy) is 1. The highest BCUT2D eigenvalue weighted by molar-refractivity contribution is 7.08. The van der Waals surface area contributed by atoms with Crippen molar-refractivity contribution in [1.82, 2.24) is 10.1 Å². The quantitative estimate of drug-likeness (QED) is 0.501. The molecule has 0 radical (unpaired) electrons. The Kier molecular flexibility index (Phi) is 4.07. The maximum absolute atomic E-state index is 12.1. The number of thiophene rings is 1. The second kappa shape index (κ2) is 6.52. The zero-order chi connectivity index (χ0) is 17.2. The second-order valence-corrected chi connectivity index (χ2v) is 6.40. The molecule has 6 nitrogen and oxygen atoms in total. The number of nitrogens with zero attached hydrogens (tertiary/aromatic N) is 2. The molecule has 0 aliphatic carbocycles. The number of carbonyl (C=O) groups is 1. The van der Waals surface area contributed by atoms with Crippen molar-refractivity contribution in [2.75, 3.05) is 0 Å². The fourth-order valence-corrected chi connectivity index (χ4v) is 3.13. The third-order valence-corrected chi connectivity index (χ3v) is 4.43. The van der Waals surface area contributed by atoms with Gasteiger partial charge < -0.3 is 13.7 Å². The molecule has 126 valence electrons. The van der Waals surface area contributed by atoms with E-state index in [0.29, 0.717) is 5.82 Å². The largest absolute Gasteiger partial charge is 0.464 e. The Morgan fingerprint density at radius 3 is 3.08 bits per heavy atom. The van der Waals surface area contributed by atoms with E-state index in [1.807, 2.05) is 41.9 Å². The molecule has 0 N–H and O–H groups in total. The van der Waals surface area contributed by atoms with Gasteiger partial charge in [-0.3, -0.25) is 4.79 Å². The standard InChI is InChI=1S/C18H14N2O4S/c1-11-2-3-14-13(8-22-15(14)6-11)7-17(21)23-9-16-19-18(20-24-16)12-4-5-25-10-12/h2-6,8,10H,7,9H2,1H3. The van der Waals surface area contributed by atoms with Crippen LogP contribution in [0.2, 0.25) is 0 Å². The third-order valence-electron chi connectivity index (χ3n) is 3.75. The van der Waals surface area contributed by atoms with Gasteiger partial charge >= 0.3 is 5.97 Å². The normalized spacial score (nSPS) is 11.1. The fourth-order valence-electron chi connectivity index (χ4n) is 2.50. The SMILES string of the molecule is Cc1ccc2c(CC(=O)OCc3nc(-c4ccsc4)no3)coc2c1. The zero-order valence-electron chi connectivity index (χ0n) is 13.4. The Balaban J connectivity index is 1.39. The highest BCUT2D eigenvalue weighted by atomic mass is 32.1. The minimum Gasteiger partial charge on any atom is -0.464 e. The smallest absolute Gasteiger partial charge is 0.310 e. The van der Waals surface area contributed by atoms with Crippen molar-refractivity contribution in [2.45, 2.75) is 20.0 Å². The summed E-state index contributed by atoms with van der Waals surface area (Å²) in [6.07, 6.45) is 1.72. The van der Waals surface area contributed by atoms with E-state index in [1.165, 1.54) is 0 Å². The van der Waals surface area contributed by atoms with Gasteiger partial charge in [-0.1, -0.05) is 17.3 Å². The summed E-state index contributed by atoms with van der Waals surface area (Å²) in [6, 6.07) is 7.77. The average Bonchev–Trinajstić information content (AvgIpc) is 3.33. The van der Waals surface area contributed by atoms with Gasteiger partial charge in [0, 0.05) is 21.9 Å². The minimum atomic E-state index is -0.376. The summed E-state index contributed by atoms with van der Waals surface area (Å²) in [6.45, 7) is 1.94. The number of carbonyl (C=O) groups excluding carboxylic acids is 1. The van der Waals surface area contributed by atoms with Crippen LogP contribution >= 0.6 is 11.3 Å². The van der Waals surface area contributed by atoms with Gasteiger partial charge in [0.2, 0.25) is 5.82 Å². The summed E-state index contributed by atoms with van der Waals surface area (Å²) >= 11 is 1.55. The molecule has 0 atom stereocenters. The Labute approximate surface area is 147 Å². The number of benzene rings is 1. The van der Waals surface area contributed by atoms with E-state index in [2.05, 4.69) is 10.1 Å². The zero-order valence-corrected chi connectivity index (χ0v) is 14.2. The molecular weight excluding hydrogens is 340 g/mol. The lowest BCUT2D eigenvalue weighted by Gasteiger charge is -2.00. The van der Waals surface area contributed by atoms with Crippen molar-refractivity contribution < 1.29 is 18.5 Å². The Bertz CT molecular complexity index is 1020. The maximum Gasteiger partial charge on any atom is 0.310 e. The molecule has 4 rings (SSSR count). The number of furan rings is 1. The molecule has 0 saturated heterocycles. The van der Waals surface area contributed by atoms with Gasteiger partial charge in [0.25, 0.3) is 5.89 Å². The molecule has 0 saturated carbocycles. The van der Waals surface area contributed by atoms with Gasteiger partial charge in [0.1, 0.15) is 5.58 Å². The lowest BCUT2D eigenvalue weighted by atomic mass is 10.1. The van der Waals surface area contributed by atoms with Crippen LogP contribution in [0.3, 0.4) is 0 Å². The van der Waals surface area contributed by atoms with Crippen molar-refractivity contribution in [3.05, 3.63) is 58.3 Å². The van der Waals surface area contributed by atoms with Crippen molar-refractivity contribution in [3.8, 4) is 11.4 Å². The first kappa shape index (κ1) is 15.6. The summed E-state index contributed by atoms with van der Waals surface area (Å²) in [4.78, 5) is 16.3. The van der Waals surface area contributed by atoms with Crippen LogP contribution in [0.4, 0.5) is 0 Å². The van der Waals surface area contributed by atoms with Gasteiger partial charge in [-0.2, -0.15) is 16.3 Å². The lowest BCUT2D eigenvalue weighted by molar-refractivity contribution is -0.144. The predicted molar refractivity (Wildman–Crippen MR) is 92.1 cm³/mol. The van der Waals surface area contributed by atoms with Gasteiger partial charge in [-0.25, -0.2) is 0 Å². The lowest BCUT2D eigenvalue weighted by Crippen LogP contribution is -2.07. The topological polar surface area (TPSA) is 78.4 Å². The van der Waals surface area contributed by atoms with E-state index in [4.69, 9.17) is 13.7 Å². The number of hydrogen-bond donors (Lipinski definition) is 0. The number of aryl methyl sites for hydroxylation is 1.